The Bertz CT molecular complexity index is 417. The molecule has 0 aromatic heterocycles. The molecule has 1 amide bonds. The van der Waals surface area contributed by atoms with Crippen LogP contribution in [0.25, 0.3) is 0 Å². The van der Waals surface area contributed by atoms with Crippen molar-refractivity contribution in [3.8, 4) is 5.75 Å². The van der Waals surface area contributed by atoms with Crippen LogP contribution in [0.5, 0.6) is 5.75 Å². The topological polar surface area (TPSA) is 41.6 Å². The van der Waals surface area contributed by atoms with Gasteiger partial charge in [0, 0.05) is 26.2 Å². The number of carbonyl (C=O) groups is 1. The Morgan fingerprint density at radius 2 is 2.12 bits per heavy atom. The number of rotatable bonds is 2. The van der Waals surface area contributed by atoms with Crippen LogP contribution in [0.15, 0.2) is 18.2 Å². The lowest BCUT2D eigenvalue weighted by Gasteiger charge is -2.27. The van der Waals surface area contributed by atoms with Crippen LogP contribution in [0.1, 0.15) is 10.4 Å². The predicted molar refractivity (Wildman–Crippen MR) is 66.8 cm³/mol. The first kappa shape index (κ1) is 12.2. The Morgan fingerprint density at radius 3 is 2.71 bits per heavy atom. The normalized spacial score (nSPS) is 15.8. The summed E-state index contributed by atoms with van der Waals surface area (Å²) in [7, 11) is 1.57. The molecule has 1 aromatic rings. The van der Waals surface area contributed by atoms with E-state index in [1.165, 1.54) is 0 Å². The number of halogens is 1. The van der Waals surface area contributed by atoms with Crippen molar-refractivity contribution in [2.75, 3.05) is 33.3 Å². The maximum atomic E-state index is 12.2. The molecule has 0 spiro atoms. The molecule has 4 nitrogen and oxygen atoms in total. The quantitative estimate of drug-likeness (QED) is 0.867. The van der Waals surface area contributed by atoms with E-state index in [0.29, 0.717) is 16.3 Å². The third-order valence-electron chi connectivity index (χ3n) is 2.81. The fraction of sp³-hybridized carbons (Fsp3) is 0.417. The van der Waals surface area contributed by atoms with Gasteiger partial charge in [0.1, 0.15) is 5.75 Å². The number of benzene rings is 1. The molecule has 0 radical (unpaired) electrons. The van der Waals surface area contributed by atoms with Gasteiger partial charge in [0.15, 0.2) is 0 Å². The SMILES string of the molecule is COc1ccc(C(=O)N2CCNCC2)c(Cl)c1. The van der Waals surface area contributed by atoms with Gasteiger partial charge in [-0.25, -0.2) is 0 Å². The van der Waals surface area contributed by atoms with Gasteiger partial charge in [-0.15, -0.1) is 0 Å². The molecule has 1 aromatic carbocycles. The molecular weight excluding hydrogens is 240 g/mol. The van der Waals surface area contributed by atoms with Crippen molar-refractivity contribution in [1.29, 1.82) is 0 Å². The predicted octanol–water partition coefficient (Wildman–Crippen LogP) is 1.39. The fourth-order valence-electron chi connectivity index (χ4n) is 1.83. The molecule has 1 saturated heterocycles. The van der Waals surface area contributed by atoms with E-state index < -0.39 is 0 Å². The molecule has 1 N–H and O–H groups in total. The molecule has 1 fully saturated rings. The Hall–Kier alpha value is -1.26. The van der Waals surface area contributed by atoms with Gasteiger partial charge in [0.2, 0.25) is 0 Å². The van der Waals surface area contributed by atoms with Crippen molar-refractivity contribution >= 4 is 17.5 Å². The van der Waals surface area contributed by atoms with E-state index in [-0.39, 0.29) is 5.91 Å². The van der Waals surface area contributed by atoms with E-state index in [2.05, 4.69) is 5.32 Å². The zero-order chi connectivity index (χ0) is 12.3. The highest BCUT2D eigenvalue weighted by Gasteiger charge is 2.20. The second-order valence-electron chi connectivity index (χ2n) is 3.89. The minimum absolute atomic E-state index is 0.0147. The van der Waals surface area contributed by atoms with Crippen molar-refractivity contribution in [3.63, 3.8) is 0 Å². The minimum atomic E-state index is -0.0147. The standard InChI is InChI=1S/C12H15ClN2O2/c1-17-9-2-3-10(11(13)8-9)12(16)15-6-4-14-5-7-15/h2-3,8,14H,4-7H2,1H3. The van der Waals surface area contributed by atoms with Crippen molar-refractivity contribution in [2.45, 2.75) is 0 Å². The first-order valence-electron chi connectivity index (χ1n) is 5.56. The number of hydrogen-bond donors (Lipinski definition) is 1. The average Bonchev–Trinajstić information content (AvgIpc) is 2.39. The maximum absolute atomic E-state index is 12.2. The zero-order valence-corrected chi connectivity index (χ0v) is 10.5. The van der Waals surface area contributed by atoms with Crippen molar-refractivity contribution in [2.24, 2.45) is 0 Å². The molecule has 0 atom stereocenters. The summed E-state index contributed by atoms with van der Waals surface area (Å²) >= 11 is 6.08. The molecule has 0 aliphatic carbocycles. The van der Waals surface area contributed by atoms with Crippen LogP contribution in [-0.4, -0.2) is 44.1 Å². The molecule has 2 rings (SSSR count). The summed E-state index contributed by atoms with van der Waals surface area (Å²) in [5.74, 6) is 0.644. The van der Waals surface area contributed by atoms with Crippen LogP contribution in [-0.2, 0) is 0 Å². The second kappa shape index (κ2) is 5.38. The number of amides is 1. The summed E-state index contributed by atoms with van der Waals surface area (Å²) in [6.07, 6.45) is 0. The van der Waals surface area contributed by atoms with Gasteiger partial charge in [0.05, 0.1) is 17.7 Å². The second-order valence-corrected chi connectivity index (χ2v) is 4.30. The number of nitrogens with one attached hydrogen (secondary N) is 1. The van der Waals surface area contributed by atoms with E-state index >= 15 is 0 Å². The molecule has 1 heterocycles. The number of carbonyl (C=O) groups excluding carboxylic acids is 1. The molecule has 1 aliphatic heterocycles. The number of hydrogen-bond acceptors (Lipinski definition) is 3. The summed E-state index contributed by atoms with van der Waals surface area (Å²) in [6, 6.07) is 5.13. The van der Waals surface area contributed by atoms with E-state index in [9.17, 15) is 4.79 Å². The molecule has 0 bridgehead atoms. The molecule has 1 aliphatic rings. The van der Waals surface area contributed by atoms with Crippen LogP contribution in [0, 0.1) is 0 Å². The number of methoxy groups -OCH3 is 1. The maximum Gasteiger partial charge on any atom is 0.255 e. The van der Waals surface area contributed by atoms with Crippen LogP contribution >= 0.6 is 11.6 Å². The van der Waals surface area contributed by atoms with Gasteiger partial charge in [0.25, 0.3) is 5.91 Å². The Morgan fingerprint density at radius 1 is 1.41 bits per heavy atom. The van der Waals surface area contributed by atoms with Crippen molar-refractivity contribution < 1.29 is 9.53 Å². The Labute approximate surface area is 106 Å². The lowest BCUT2D eigenvalue weighted by molar-refractivity contribution is 0.0736. The van der Waals surface area contributed by atoms with Crippen molar-refractivity contribution in [1.82, 2.24) is 10.2 Å². The summed E-state index contributed by atoms with van der Waals surface area (Å²) in [5.41, 5.74) is 0.536. The minimum Gasteiger partial charge on any atom is -0.497 e. The van der Waals surface area contributed by atoms with E-state index in [0.717, 1.165) is 26.2 Å². The lowest BCUT2D eigenvalue weighted by atomic mass is 10.1. The lowest BCUT2D eigenvalue weighted by Crippen LogP contribution is -2.46. The van der Waals surface area contributed by atoms with Gasteiger partial charge in [-0.1, -0.05) is 11.6 Å². The molecule has 17 heavy (non-hydrogen) atoms. The average molecular weight is 255 g/mol. The van der Waals surface area contributed by atoms with Crippen LogP contribution in [0.4, 0.5) is 0 Å². The highest BCUT2D eigenvalue weighted by atomic mass is 35.5. The Kier molecular flexibility index (Phi) is 3.86. The van der Waals surface area contributed by atoms with Crippen LogP contribution < -0.4 is 10.1 Å². The van der Waals surface area contributed by atoms with Gasteiger partial charge in [-0.05, 0) is 18.2 Å². The summed E-state index contributed by atoms with van der Waals surface area (Å²) in [5, 5.41) is 3.64. The van der Waals surface area contributed by atoms with Gasteiger partial charge in [-0.2, -0.15) is 0 Å². The molecule has 0 saturated carbocycles. The van der Waals surface area contributed by atoms with Gasteiger partial charge >= 0.3 is 0 Å². The first-order valence-corrected chi connectivity index (χ1v) is 5.93. The third-order valence-corrected chi connectivity index (χ3v) is 3.12. The number of piperazine rings is 1. The monoisotopic (exact) mass is 254 g/mol. The van der Waals surface area contributed by atoms with Crippen molar-refractivity contribution in [3.05, 3.63) is 28.8 Å². The summed E-state index contributed by atoms with van der Waals surface area (Å²) in [4.78, 5) is 14.0. The van der Waals surface area contributed by atoms with E-state index in [1.807, 2.05) is 4.90 Å². The highest BCUT2D eigenvalue weighted by molar-refractivity contribution is 6.34. The van der Waals surface area contributed by atoms with E-state index in [4.69, 9.17) is 16.3 Å². The largest absolute Gasteiger partial charge is 0.497 e. The zero-order valence-electron chi connectivity index (χ0n) is 9.70. The van der Waals surface area contributed by atoms with Gasteiger partial charge in [-0.3, -0.25) is 4.79 Å². The van der Waals surface area contributed by atoms with E-state index in [1.54, 1.807) is 25.3 Å². The first-order chi connectivity index (χ1) is 8.22. The number of nitrogens with zero attached hydrogens (tertiary/aromatic N) is 1. The molecule has 0 unspecified atom stereocenters. The highest BCUT2D eigenvalue weighted by Crippen LogP contribution is 2.23. The number of ether oxygens (including phenoxy) is 1. The molecular formula is C12H15ClN2O2. The summed E-state index contributed by atoms with van der Waals surface area (Å²) in [6.45, 7) is 3.11. The Balaban J connectivity index is 2.18. The summed E-state index contributed by atoms with van der Waals surface area (Å²) < 4.78 is 5.06. The van der Waals surface area contributed by atoms with Crippen LogP contribution in [0.3, 0.4) is 0 Å². The van der Waals surface area contributed by atoms with Crippen LogP contribution in [0.2, 0.25) is 5.02 Å². The smallest absolute Gasteiger partial charge is 0.255 e. The third kappa shape index (κ3) is 2.70. The molecule has 5 heteroatoms. The van der Waals surface area contributed by atoms with Gasteiger partial charge < -0.3 is 15.0 Å². The fourth-order valence-corrected chi connectivity index (χ4v) is 2.09. The molecule has 92 valence electrons.